The van der Waals surface area contributed by atoms with Gasteiger partial charge in [0.05, 0.1) is 19.2 Å². The molecule has 0 aliphatic carbocycles. The van der Waals surface area contributed by atoms with Gasteiger partial charge in [0.2, 0.25) is 0 Å². The van der Waals surface area contributed by atoms with Crippen LogP contribution in [-0.2, 0) is 4.74 Å². The van der Waals surface area contributed by atoms with E-state index in [1.54, 1.807) is 12.1 Å². The standard InChI is InChI=1S/C23H28ClN3O7/c1-11-14(24)5-4-6-15(11)27-23-12-8-17(33-2)13(7-16(12)25-10-26-23)19(29)21(31)22(32)20(30)18(9-28)34-3/h4-8,10,18-22,28-32H,9H2,1-3H3,(H,25,26,27)/t18-,19?,20+,21-,22-/m0/s1. The first-order valence-electron chi connectivity index (χ1n) is 10.4. The molecule has 10 nitrogen and oxygen atoms in total. The van der Waals surface area contributed by atoms with Crippen LogP contribution < -0.4 is 10.1 Å². The molecule has 1 unspecified atom stereocenters. The lowest BCUT2D eigenvalue weighted by molar-refractivity contribution is -0.148. The van der Waals surface area contributed by atoms with Gasteiger partial charge in [-0.1, -0.05) is 17.7 Å². The second kappa shape index (κ2) is 11.2. The largest absolute Gasteiger partial charge is 0.496 e. The number of ether oxygens (including phenoxy) is 2. The maximum absolute atomic E-state index is 10.8. The molecule has 5 atom stereocenters. The van der Waals surface area contributed by atoms with Gasteiger partial charge in [-0.25, -0.2) is 9.97 Å². The number of benzene rings is 2. The van der Waals surface area contributed by atoms with Gasteiger partial charge in [-0.3, -0.25) is 0 Å². The number of rotatable bonds is 10. The Balaban J connectivity index is 1.97. The molecule has 1 aromatic heterocycles. The molecule has 0 fully saturated rings. The van der Waals surface area contributed by atoms with Crippen molar-refractivity contribution in [3.05, 3.63) is 52.8 Å². The molecule has 1 heterocycles. The van der Waals surface area contributed by atoms with Crippen molar-refractivity contribution in [3.8, 4) is 5.75 Å². The minimum Gasteiger partial charge on any atom is -0.496 e. The van der Waals surface area contributed by atoms with Gasteiger partial charge < -0.3 is 40.3 Å². The summed E-state index contributed by atoms with van der Waals surface area (Å²) in [5.74, 6) is 0.670. The van der Waals surface area contributed by atoms with Crippen LogP contribution in [0.15, 0.2) is 36.7 Å². The van der Waals surface area contributed by atoms with Gasteiger partial charge in [0, 0.05) is 28.8 Å². The van der Waals surface area contributed by atoms with Gasteiger partial charge in [-0.2, -0.15) is 0 Å². The van der Waals surface area contributed by atoms with Crippen molar-refractivity contribution in [3.63, 3.8) is 0 Å². The Morgan fingerprint density at radius 2 is 1.76 bits per heavy atom. The average Bonchev–Trinajstić information content (AvgIpc) is 2.85. The lowest BCUT2D eigenvalue weighted by Crippen LogP contribution is -2.48. The van der Waals surface area contributed by atoms with Crippen molar-refractivity contribution < 1.29 is 35.0 Å². The summed E-state index contributed by atoms with van der Waals surface area (Å²) in [6.45, 7) is 1.28. The van der Waals surface area contributed by atoms with Crippen molar-refractivity contribution in [2.75, 3.05) is 26.1 Å². The minimum atomic E-state index is -1.82. The molecule has 11 heteroatoms. The van der Waals surface area contributed by atoms with Gasteiger partial charge in [0.15, 0.2) is 0 Å². The molecule has 2 aromatic carbocycles. The molecular formula is C23H28ClN3O7. The van der Waals surface area contributed by atoms with E-state index in [4.69, 9.17) is 21.1 Å². The van der Waals surface area contributed by atoms with Crippen LogP contribution >= 0.6 is 11.6 Å². The molecule has 0 spiro atoms. The van der Waals surface area contributed by atoms with Crippen LogP contribution in [0.1, 0.15) is 17.2 Å². The second-order valence-electron chi connectivity index (χ2n) is 7.74. The van der Waals surface area contributed by atoms with E-state index in [2.05, 4.69) is 15.3 Å². The average molecular weight is 494 g/mol. The van der Waals surface area contributed by atoms with Crippen molar-refractivity contribution in [2.45, 2.75) is 37.4 Å². The smallest absolute Gasteiger partial charge is 0.141 e. The lowest BCUT2D eigenvalue weighted by Gasteiger charge is -2.30. The second-order valence-corrected chi connectivity index (χ2v) is 8.15. The highest BCUT2D eigenvalue weighted by Gasteiger charge is 2.36. The molecule has 184 valence electrons. The van der Waals surface area contributed by atoms with E-state index in [0.717, 1.165) is 11.3 Å². The summed E-state index contributed by atoms with van der Waals surface area (Å²) in [5.41, 5.74) is 2.15. The first-order chi connectivity index (χ1) is 16.2. The number of fused-ring (bicyclic) bond motifs is 1. The highest BCUT2D eigenvalue weighted by molar-refractivity contribution is 6.31. The maximum atomic E-state index is 10.8. The van der Waals surface area contributed by atoms with Crippen LogP contribution in [0.5, 0.6) is 5.75 Å². The highest BCUT2D eigenvalue weighted by atomic mass is 35.5. The molecule has 34 heavy (non-hydrogen) atoms. The number of hydrogen-bond acceptors (Lipinski definition) is 10. The van der Waals surface area contributed by atoms with E-state index >= 15 is 0 Å². The quantitative estimate of drug-likeness (QED) is 0.244. The predicted molar refractivity (Wildman–Crippen MR) is 126 cm³/mol. The summed E-state index contributed by atoms with van der Waals surface area (Å²) in [6, 6.07) is 8.54. The number of aliphatic hydroxyl groups is 5. The van der Waals surface area contributed by atoms with Crippen molar-refractivity contribution in [1.82, 2.24) is 9.97 Å². The summed E-state index contributed by atoms with van der Waals surface area (Å²) in [4.78, 5) is 8.55. The summed E-state index contributed by atoms with van der Waals surface area (Å²) >= 11 is 6.21. The van der Waals surface area contributed by atoms with Gasteiger partial charge in [0.1, 0.15) is 48.4 Å². The Labute approximate surface area is 201 Å². The van der Waals surface area contributed by atoms with Gasteiger partial charge >= 0.3 is 0 Å². The van der Waals surface area contributed by atoms with E-state index < -0.39 is 37.1 Å². The zero-order valence-electron chi connectivity index (χ0n) is 18.9. The molecular weight excluding hydrogens is 466 g/mol. The van der Waals surface area contributed by atoms with E-state index in [0.29, 0.717) is 21.7 Å². The fourth-order valence-electron chi connectivity index (χ4n) is 3.59. The number of nitrogens with one attached hydrogen (secondary N) is 1. The van der Waals surface area contributed by atoms with Gasteiger partial charge in [0.25, 0.3) is 0 Å². The number of nitrogens with zero attached hydrogens (tertiary/aromatic N) is 2. The fraction of sp³-hybridized carbons (Fsp3) is 0.391. The molecule has 0 bridgehead atoms. The highest BCUT2D eigenvalue weighted by Crippen LogP contribution is 2.36. The fourth-order valence-corrected chi connectivity index (χ4v) is 3.77. The number of aromatic nitrogens is 2. The molecule has 0 aliphatic rings. The monoisotopic (exact) mass is 493 g/mol. The number of hydrogen-bond donors (Lipinski definition) is 6. The number of anilines is 2. The van der Waals surface area contributed by atoms with Crippen LogP contribution in [0.4, 0.5) is 11.5 Å². The molecule has 0 aliphatic heterocycles. The number of methoxy groups -OCH3 is 2. The lowest BCUT2D eigenvalue weighted by atomic mass is 9.94. The van der Waals surface area contributed by atoms with Crippen LogP contribution in [-0.4, -0.2) is 80.7 Å². The molecule has 0 saturated carbocycles. The van der Waals surface area contributed by atoms with Crippen LogP contribution in [0.3, 0.4) is 0 Å². The summed E-state index contributed by atoms with van der Waals surface area (Å²) in [5, 5.41) is 55.5. The Bertz CT molecular complexity index is 1130. The van der Waals surface area contributed by atoms with Crippen molar-refractivity contribution >= 4 is 34.0 Å². The summed E-state index contributed by atoms with van der Waals surface area (Å²) < 4.78 is 10.3. The van der Waals surface area contributed by atoms with E-state index in [9.17, 15) is 25.5 Å². The molecule has 6 N–H and O–H groups in total. The van der Waals surface area contributed by atoms with E-state index in [1.165, 1.54) is 26.6 Å². The third-order valence-corrected chi connectivity index (χ3v) is 6.12. The molecule has 0 amide bonds. The van der Waals surface area contributed by atoms with Gasteiger partial charge in [-0.05, 0) is 36.8 Å². The van der Waals surface area contributed by atoms with E-state index in [-0.39, 0.29) is 11.3 Å². The first kappa shape index (κ1) is 26.0. The topological polar surface area (TPSA) is 157 Å². The number of halogens is 1. The Hall–Kier alpha value is -2.57. The third-order valence-electron chi connectivity index (χ3n) is 5.71. The normalized spacial score (nSPS) is 16.0. The first-order valence-corrected chi connectivity index (χ1v) is 10.8. The van der Waals surface area contributed by atoms with Crippen LogP contribution in [0, 0.1) is 6.92 Å². The molecule has 3 rings (SSSR count). The summed E-state index contributed by atoms with van der Waals surface area (Å²) in [7, 11) is 2.63. The SMILES string of the molecule is COc1cc2c(Nc3cccc(Cl)c3C)ncnc2cc1C(O)[C@H](O)[C@@H](O)[C@H](O)[C@H](CO)OC. The zero-order valence-corrected chi connectivity index (χ0v) is 19.6. The Kier molecular flexibility index (Phi) is 8.61. The Morgan fingerprint density at radius 1 is 1.03 bits per heavy atom. The van der Waals surface area contributed by atoms with Crippen molar-refractivity contribution in [1.29, 1.82) is 0 Å². The minimum absolute atomic E-state index is 0.135. The number of aliphatic hydroxyl groups excluding tert-OH is 5. The Morgan fingerprint density at radius 3 is 2.41 bits per heavy atom. The van der Waals surface area contributed by atoms with E-state index in [1.807, 2.05) is 19.1 Å². The molecule has 3 aromatic rings. The molecule has 0 saturated heterocycles. The predicted octanol–water partition coefficient (Wildman–Crippen LogP) is 1.47. The molecule has 0 radical (unpaired) electrons. The summed E-state index contributed by atoms with van der Waals surface area (Å²) in [6.07, 6.45) is -6.74. The third kappa shape index (κ3) is 5.23. The maximum Gasteiger partial charge on any atom is 0.141 e. The van der Waals surface area contributed by atoms with Crippen LogP contribution in [0.2, 0.25) is 5.02 Å². The van der Waals surface area contributed by atoms with Crippen molar-refractivity contribution in [2.24, 2.45) is 0 Å². The van der Waals surface area contributed by atoms with Gasteiger partial charge in [-0.15, -0.1) is 0 Å². The zero-order chi connectivity index (χ0) is 25.0. The van der Waals surface area contributed by atoms with Crippen LogP contribution in [0.25, 0.3) is 10.9 Å².